The zero-order valence-corrected chi connectivity index (χ0v) is 10.6. The Labute approximate surface area is 107 Å². The first-order chi connectivity index (χ1) is 8.69. The number of aryl methyl sites for hydroxylation is 1. The number of hydrogen-bond acceptors (Lipinski definition) is 5. The average Bonchev–Trinajstić information content (AvgIpc) is 3.18. The maximum atomic E-state index is 9.28. The molecule has 0 aliphatic heterocycles. The fraction of sp³-hybridized carbons (Fsp3) is 0.615. The van der Waals surface area contributed by atoms with E-state index in [0.717, 1.165) is 11.4 Å². The van der Waals surface area contributed by atoms with Gasteiger partial charge in [0.2, 0.25) is 0 Å². The third-order valence-electron chi connectivity index (χ3n) is 2.85. The largest absolute Gasteiger partial charge is 0.489 e. The number of pyridine rings is 1. The van der Waals surface area contributed by atoms with E-state index < -0.39 is 6.10 Å². The van der Waals surface area contributed by atoms with Crippen LogP contribution in [0.25, 0.3) is 0 Å². The molecule has 5 heteroatoms. The van der Waals surface area contributed by atoms with Crippen LogP contribution in [0.1, 0.15) is 24.2 Å². The highest BCUT2D eigenvalue weighted by molar-refractivity contribution is 5.29. The lowest BCUT2D eigenvalue weighted by Gasteiger charge is -2.14. The van der Waals surface area contributed by atoms with Gasteiger partial charge in [-0.15, -0.1) is 0 Å². The van der Waals surface area contributed by atoms with E-state index in [9.17, 15) is 5.11 Å². The summed E-state index contributed by atoms with van der Waals surface area (Å²) in [6.45, 7) is 2.40. The lowest BCUT2D eigenvalue weighted by molar-refractivity contribution is 0.0531. The van der Waals surface area contributed by atoms with Crippen LogP contribution in [0.5, 0.6) is 5.75 Å². The second kappa shape index (κ2) is 6.13. The number of ether oxygens (including phenoxy) is 1. The van der Waals surface area contributed by atoms with Gasteiger partial charge in [-0.25, -0.2) is 0 Å². The summed E-state index contributed by atoms with van der Waals surface area (Å²) in [5.74, 6) is 0.668. The Kier molecular flexibility index (Phi) is 4.52. The summed E-state index contributed by atoms with van der Waals surface area (Å²) in [4.78, 5) is 4.45. The lowest BCUT2D eigenvalue weighted by Crippen LogP contribution is -2.23. The average molecular weight is 252 g/mol. The summed E-state index contributed by atoms with van der Waals surface area (Å²) in [5.41, 5.74) is 1.80. The molecule has 5 nitrogen and oxygen atoms in total. The van der Waals surface area contributed by atoms with Gasteiger partial charge < -0.3 is 20.3 Å². The predicted molar refractivity (Wildman–Crippen MR) is 67.4 cm³/mol. The molecule has 3 N–H and O–H groups in total. The van der Waals surface area contributed by atoms with Crippen LogP contribution in [0.2, 0.25) is 0 Å². The fourth-order valence-electron chi connectivity index (χ4n) is 1.62. The number of aliphatic hydroxyl groups excluding tert-OH is 2. The van der Waals surface area contributed by atoms with Crippen molar-refractivity contribution in [2.45, 2.75) is 38.5 Å². The van der Waals surface area contributed by atoms with Crippen LogP contribution in [0, 0.1) is 6.92 Å². The Bertz CT molecular complexity index is 394. The number of rotatable bonds is 7. The highest BCUT2D eigenvalue weighted by Crippen LogP contribution is 2.22. The molecule has 0 aromatic carbocycles. The van der Waals surface area contributed by atoms with Crippen molar-refractivity contribution in [2.24, 2.45) is 0 Å². The zero-order valence-electron chi connectivity index (χ0n) is 10.6. The molecule has 0 radical (unpaired) electrons. The lowest BCUT2D eigenvalue weighted by atomic mass is 10.2. The first kappa shape index (κ1) is 13.3. The summed E-state index contributed by atoms with van der Waals surface area (Å²) in [6, 6.07) is 4.35. The van der Waals surface area contributed by atoms with Crippen LogP contribution < -0.4 is 10.1 Å². The summed E-state index contributed by atoms with van der Waals surface area (Å²) < 4.78 is 5.49. The molecule has 1 aromatic heterocycles. The van der Waals surface area contributed by atoms with Crippen molar-refractivity contribution < 1.29 is 14.9 Å². The van der Waals surface area contributed by atoms with E-state index in [4.69, 9.17) is 9.84 Å². The standard InChI is InChI=1S/C13H20N2O3/c1-9-2-5-13(18-8-11(17)7-16)12(15-9)6-14-10-3-4-10/h2,5,10-11,14,16-17H,3-4,6-8H2,1H3. The van der Waals surface area contributed by atoms with Crippen LogP contribution in [-0.4, -0.2) is 40.6 Å². The summed E-state index contributed by atoms with van der Waals surface area (Å²) in [7, 11) is 0. The van der Waals surface area contributed by atoms with Crippen molar-refractivity contribution in [2.75, 3.05) is 13.2 Å². The van der Waals surface area contributed by atoms with Gasteiger partial charge in [-0.3, -0.25) is 4.98 Å². The molecule has 1 heterocycles. The molecule has 1 aromatic rings. The number of nitrogens with one attached hydrogen (secondary N) is 1. The zero-order chi connectivity index (χ0) is 13.0. The van der Waals surface area contributed by atoms with Gasteiger partial charge in [-0.1, -0.05) is 0 Å². The maximum absolute atomic E-state index is 9.28. The molecule has 0 saturated heterocycles. The third-order valence-corrected chi connectivity index (χ3v) is 2.85. The first-order valence-electron chi connectivity index (χ1n) is 6.30. The van der Waals surface area contributed by atoms with Crippen LogP contribution in [0.4, 0.5) is 0 Å². The van der Waals surface area contributed by atoms with Crippen LogP contribution >= 0.6 is 0 Å². The Balaban J connectivity index is 1.97. The second-order valence-electron chi connectivity index (χ2n) is 4.70. The molecular formula is C13H20N2O3. The minimum atomic E-state index is -0.851. The quantitative estimate of drug-likeness (QED) is 0.654. The Morgan fingerprint density at radius 1 is 1.50 bits per heavy atom. The summed E-state index contributed by atoms with van der Waals surface area (Å²) in [6.07, 6.45) is 1.60. The minimum absolute atomic E-state index is 0.0810. The van der Waals surface area contributed by atoms with Crippen LogP contribution in [0.3, 0.4) is 0 Å². The van der Waals surface area contributed by atoms with Crippen molar-refractivity contribution in [3.05, 3.63) is 23.5 Å². The van der Waals surface area contributed by atoms with E-state index in [1.54, 1.807) is 0 Å². The molecule has 1 atom stereocenters. The van der Waals surface area contributed by atoms with E-state index in [1.807, 2.05) is 19.1 Å². The van der Waals surface area contributed by atoms with Crippen molar-refractivity contribution in [1.29, 1.82) is 0 Å². The number of aliphatic hydroxyl groups is 2. The summed E-state index contributed by atoms with van der Waals surface area (Å²) >= 11 is 0. The molecule has 1 saturated carbocycles. The topological polar surface area (TPSA) is 74.6 Å². The Hall–Kier alpha value is -1.17. The van der Waals surface area contributed by atoms with Crippen molar-refractivity contribution >= 4 is 0 Å². The molecule has 1 fully saturated rings. The van der Waals surface area contributed by atoms with E-state index in [1.165, 1.54) is 12.8 Å². The van der Waals surface area contributed by atoms with Crippen molar-refractivity contribution in [3.8, 4) is 5.75 Å². The van der Waals surface area contributed by atoms with Crippen molar-refractivity contribution in [3.63, 3.8) is 0 Å². The third kappa shape index (κ3) is 3.94. The molecule has 2 rings (SSSR count). The Morgan fingerprint density at radius 2 is 2.28 bits per heavy atom. The SMILES string of the molecule is Cc1ccc(OCC(O)CO)c(CNC2CC2)n1. The van der Waals surface area contributed by atoms with Crippen molar-refractivity contribution in [1.82, 2.24) is 10.3 Å². The van der Waals surface area contributed by atoms with Gasteiger partial charge in [0, 0.05) is 18.3 Å². The number of hydrogen-bond donors (Lipinski definition) is 3. The second-order valence-corrected chi connectivity index (χ2v) is 4.70. The van der Waals surface area contributed by atoms with Gasteiger partial charge in [0.1, 0.15) is 18.5 Å². The normalized spacial score (nSPS) is 16.6. The molecule has 1 unspecified atom stereocenters. The number of aromatic nitrogens is 1. The first-order valence-corrected chi connectivity index (χ1v) is 6.30. The molecule has 0 spiro atoms. The molecule has 100 valence electrons. The van der Waals surface area contributed by atoms with Gasteiger partial charge in [0.15, 0.2) is 0 Å². The molecule has 0 bridgehead atoms. The van der Waals surface area contributed by atoms with Crippen LogP contribution in [0.15, 0.2) is 12.1 Å². The maximum Gasteiger partial charge on any atom is 0.142 e. The van der Waals surface area contributed by atoms with E-state index in [-0.39, 0.29) is 13.2 Å². The van der Waals surface area contributed by atoms with E-state index >= 15 is 0 Å². The van der Waals surface area contributed by atoms with Gasteiger partial charge in [0.05, 0.1) is 12.3 Å². The minimum Gasteiger partial charge on any atom is -0.489 e. The molecule has 18 heavy (non-hydrogen) atoms. The number of nitrogens with zero attached hydrogens (tertiary/aromatic N) is 1. The van der Waals surface area contributed by atoms with Gasteiger partial charge in [-0.05, 0) is 31.9 Å². The van der Waals surface area contributed by atoms with Crippen LogP contribution in [-0.2, 0) is 6.54 Å². The molecule has 1 aliphatic carbocycles. The fourth-order valence-corrected chi connectivity index (χ4v) is 1.62. The molecular weight excluding hydrogens is 232 g/mol. The van der Waals surface area contributed by atoms with E-state index in [2.05, 4.69) is 10.3 Å². The van der Waals surface area contributed by atoms with Gasteiger partial charge in [-0.2, -0.15) is 0 Å². The monoisotopic (exact) mass is 252 g/mol. The molecule has 0 amide bonds. The van der Waals surface area contributed by atoms with Gasteiger partial charge in [0.25, 0.3) is 0 Å². The van der Waals surface area contributed by atoms with E-state index in [0.29, 0.717) is 18.3 Å². The Morgan fingerprint density at radius 3 is 2.94 bits per heavy atom. The molecule has 1 aliphatic rings. The predicted octanol–water partition coefficient (Wildman–Crippen LogP) is 0.374. The summed E-state index contributed by atoms with van der Waals surface area (Å²) in [5, 5.41) is 21.4. The highest BCUT2D eigenvalue weighted by atomic mass is 16.5. The van der Waals surface area contributed by atoms with Gasteiger partial charge >= 0.3 is 0 Å². The highest BCUT2D eigenvalue weighted by Gasteiger charge is 2.21. The smallest absolute Gasteiger partial charge is 0.142 e.